The lowest BCUT2D eigenvalue weighted by Gasteiger charge is -2.07. The van der Waals surface area contributed by atoms with Gasteiger partial charge in [0.1, 0.15) is 5.82 Å². The quantitative estimate of drug-likeness (QED) is 0.681. The van der Waals surface area contributed by atoms with E-state index in [-0.39, 0.29) is 17.5 Å². The summed E-state index contributed by atoms with van der Waals surface area (Å²) in [5.74, 6) is 0.110. The Morgan fingerprint density at radius 1 is 1.38 bits per heavy atom. The molecule has 1 amide bonds. The van der Waals surface area contributed by atoms with Crippen molar-refractivity contribution in [1.29, 1.82) is 0 Å². The number of amides is 1. The van der Waals surface area contributed by atoms with Crippen molar-refractivity contribution in [2.45, 2.75) is 18.6 Å². The third-order valence-corrected chi connectivity index (χ3v) is 4.81. The van der Waals surface area contributed by atoms with Gasteiger partial charge in [0, 0.05) is 18.1 Å². The molecular weight excluding hydrogens is 349 g/mol. The van der Waals surface area contributed by atoms with Crippen LogP contribution in [-0.2, 0) is 11.3 Å². The van der Waals surface area contributed by atoms with Crippen molar-refractivity contribution in [3.8, 4) is 11.4 Å². The third kappa shape index (κ3) is 3.62. The van der Waals surface area contributed by atoms with Crippen LogP contribution in [-0.4, -0.2) is 31.4 Å². The van der Waals surface area contributed by atoms with Crippen molar-refractivity contribution in [2.75, 3.05) is 11.1 Å². The molecule has 2 heterocycles. The van der Waals surface area contributed by atoms with Crippen LogP contribution in [0.4, 0.5) is 9.52 Å². The Hall–Kier alpha value is -2.26. The van der Waals surface area contributed by atoms with Gasteiger partial charge in [0.25, 0.3) is 0 Å². The molecule has 0 atom stereocenters. The second kappa shape index (κ2) is 7.54. The van der Waals surface area contributed by atoms with Crippen molar-refractivity contribution in [3.05, 3.63) is 41.7 Å². The average Bonchev–Trinajstić information content (AvgIpc) is 3.22. The molecule has 1 N–H and O–H groups in total. The lowest BCUT2D eigenvalue weighted by atomic mass is 10.2. The van der Waals surface area contributed by atoms with Crippen LogP contribution in [0.5, 0.6) is 0 Å². The Kier molecular flexibility index (Phi) is 5.21. The molecule has 3 aromatic rings. The van der Waals surface area contributed by atoms with E-state index in [1.54, 1.807) is 34.3 Å². The number of benzene rings is 1. The van der Waals surface area contributed by atoms with Crippen LogP contribution < -0.4 is 5.32 Å². The van der Waals surface area contributed by atoms with Crippen molar-refractivity contribution in [1.82, 2.24) is 19.7 Å². The van der Waals surface area contributed by atoms with Crippen molar-refractivity contribution in [3.63, 3.8) is 0 Å². The van der Waals surface area contributed by atoms with Gasteiger partial charge in [-0.2, -0.15) is 0 Å². The fraction of sp³-hybridized carbons (Fsp3) is 0.200. The summed E-state index contributed by atoms with van der Waals surface area (Å²) in [5, 5.41) is 13.8. The molecule has 0 aliphatic heterocycles. The summed E-state index contributed by atoms with van der Waals surface area (Å²) in [4.78, 5) is 15.9. The Morgan fingerprint density at radius 3 is 2.92 bits per heavy atom. The summed E-state index contributed by atoms with van der Waals surface area (Å²) in [6.45, 7) is 2.50. The number of halogens is 1. The smallest absolute Gasteiger partial charge is 0.236 e. The molecular formula is C15H14FN5OS2. The van der Waals surface area contributed by atoms with Gasteiger partial charge in [-0.15, -0.1) is 21.5 Å². The van der Waals surface area contributed by atoms with Gasteiger partial charge in [-0.05, 0) is 19.1 Å². The molecule has 0 unspecified atom stereocenters. The fourth-order valence-electron chi connectivity index (χ4n) is 2.09. The number of anilines is 1. The number of thiazole rings is 1. The monoisotopic (exact) mass is 363 g/mol. The van der Waals surface area contributed by atoms with E-state index in [9.17, 15) is 9.18 Å². The van der Waals surface area contributed by atoms with Crippen LogP contribution in [0.3, 0.4) is 0 Å². The highest BCUT2D eigenvalue weighted by atomic mass is 32.2. The van der Waals surface area contributed by atoms with E-state index in [2.05, 4.69) is 20.5 Å². The van der Waals surface area contributed by atoms with Crippen molar-refractivity contribution in [2.24, 2.45) is 0 Å². The Bertz CT molecular complexity index is 834. The topological polar surface area (TPSA) is 72.7 Å². The van der Waals surface area contributed by atoms with Crippen molar-refractivity contribution < 1.29 is 9.18 Å². The first-order valence-electron chi connectivity index (χ1n) is 7.19. The normalized spacial score (nSPS) is 10.8. The first-order valence-corrected chi connectivity index (χ1v) is 9.05. The van der Waals surface area contributed by atoms with Gasteiger partial charge in [-0.1, -0.05) is 23.9 Å². The summed E-state index contributed by atoms with van der Waals surface area (Å²) >= 11 is 2.61. The molecule has 0 aliphatic rings. The molecule has 0 bridgehead atoms. The minimum atomic E-state index is -0.349. The van der Waals surface area contributed by atoms with Crippen LogP contribution in [0.25, 0.3) is 11.4 Å². The van der Waals surface area contributed by atoms with Gasteiger partial charge in [-0.25, -0.2) is 9.37 Å². The highest BCUT2D eigenvalue weighted by Crippen LogP contribution is 2.25. The van der Waals surface area contributed by atoms with Crippen LogP contribution in [0, 0.1) is 5.82 Å². The van der Waals surface area contributed by atoms with E-state index in [0.29, 0.717) is 28.2 Å². The standard InChI is InChI=1S/C15H14FN5OS2/c1-2-21-13(10-5-3-4-6-11(10)16)19-20-15(21)24-9-12(22)18-14-17-7-8-23-14/h3-8H,2,9H2,1H3,(H,17,18,22). The van der Waals surface area contributed by atoms with Gasteiger partial charge in [0.2, 0.25) is 5.91 Å². The largest absolute Gasteiger partial charge is 0.302 e. The molecule has 24 heavy (non-hydrogen) atoms. The van der Waals surface area contributed by atoms with Gasteiger partial charge in [0.05, 0.1) is 11.3 Å². The first kappa shape index (κ1) is 16.6. The maximum absolute atomic E-state index is 14.0. The van der Waals surface area contributed by atoms with Crippen LogP contribution in [0.15, 0.2) is 41.0 Å². The Morgan fingerprint density at radius 2 is 2.21 bits per heavy atom. The molecule has 3 rings (SSSR count). The van der Waals surface area contributed by atoms with E-state index >= 15 is 0 Å². The maximum atomic E-state index is 14.0. The second-order valence-corrected chi connectivity index (χ2v) is 6.54. The highest BCUT2D eigenvalue weighted by molar-refractivity contribution is 7.99. The lowest BCUT2D eigenvalue weighted by Crippen LogP contribution is -2.14. The van der Waals surface area contributed by atoms with Gasteiger partial charge < -0.3 is 9.88 Å². The predicted molar refractivity (Wildman–Crippen MR) is 92.6 cm³/mol. The minimum Gasteiger partial charge on any atom is -0.302 e. The molecule has 2 aromatic heterocycles. The SMILES string of the molecule is CCn1c(SCC(=O)Nc2nccs2)nnc1-c1ccccc1F. The average molecular weight is 363 g/mol. The van der Waals surface area contributed by atoms with E-state index in [1.165, 1.54) is 29.2 Å². The zero-order valence-corrected chi connectivity index (χ0v) is 14.4. The molecule has 0 radical (unpaired) electrons. The minimum absolute atomic E-state index is 0.173. The fourth-order valence-corrected chi connectivity index (χ4v) is 3.44. The van der Waals surface area contributed by atoms with E-state index in [0.717, 1.165) is 0 Å². The predicted octanol–water partition coefficient (Wildman–Crippen LogP) is 3.29. The molecule has 0 saturated carbocycles. The Balaban J connectivity index is 1.73. The van der Waals surface area contributed by atoms with Crippen LogP contribution in [0.1, 0.15) is 6.92 Å². The molecule has 0 spiro atoms. The van der Waals surface area contributed by atoms with Gasteiger partial charge in [0.15, 0.2) is 16.1 Å². The zero-order chi connectivity index (χ0) is 16.9. The number of hydrogen-bond acceptors (Lipinski definition) is 6. The van der Waals surface area contributed by atoms with Gasteiger partial charge in [-0.3, -0.25) is 4.79 Å². The molecule has 0 aliphatic carbocycles. The van der Waals surface area contributed by atoms with Crippen molar-refractivity contribution >= 4 is 34.1 Å². The third-order valence-electron chi connectivity index (χ3n) is 3.16. The summed E-state index contributed by atoms with van der Waals surface area (Å²) in [6, 6.07) is 6.43. The number of nitrogens with one attached hydrogen (secondary N) is 1. The molecule has 0 fully saturated rings. The zero-order valence-electron chi connectivity index (χ0n) is 12.8. The number of carbonyl (C=O) groups excluding carboxylic acids is 1. The summed E-state index contributed by atoms with van der Waals surface area (Å²) in [6.07, 6.45) is 1.63. The number of thioether (sulfide) groups is 1. The number of nitrogens with zero attached hydrogens (tertiary/aromatic N) is 4. The Labute approximate surface area is 146 Å². The van der Waals surface area contributed by atoms with E-state index in [1.807, 2.05) is 6.92 Å². The number of aromatic nitrogens is 4. The second-order valence-electron chi connectivity index (χ2n) is 4.70. The maximum Gasteiger partial charge on any atom is 0.236 e. The van der Waals surface area contributed by atoms with Gasteiger partial charge >= 0.3 is 0 Å². The molecule has 124 valence electrons. The van der Waals surface area contributed by atoms with Crippen LogP contribution >= 0.6 is 23.1 Å². The van der Waals surface area contributed by atoms with E-state index in [4.69, 9.17) is 0 Å². The summed E-state index contributed by atoms with van der Waals surface area (Å²) in [5.41, 5.74) is 0.394. The molecule has 9 heteroatoms. The molecule has 0 saturated heterocycles. The molecule has 6 nitrogen and oxygen atoms in total. The van der Waals surface area contributed by atoms with Crippen LogP contribution in [0.2, 0.25) is 0 Å². The first-order chi connectivity index (χ1) is 11.7. The number of rotatable bonds is 6. The lowest BCUT2D eigenvalue weighted by molar-refractivity contribution is -0.113. The molecule has 1 aromatic carbocycles. The summed E-state index contributed by atoms with van der Waals surface area (Å²) in [7, 11) is 0. The number of carbonyl (C=O) groups is 1. The van der Waals surface area contributed by atoms with E-state index < -0.39 is 0 Å². The highest BCUT2D eigenvalue weighted by Gasteiger charge is 2.17. The number of hydrogen-bond donors (Lipinski definition) is 1. The summed E-state index contributed by atoms with van der Waals surface area (Å²) < 4.78 is 15.8.